The molecule has 2 aliphatic rings. The summed E-state index contributed by atoms with van der Waals surface area (Å²) in [7, 11) is 0. The van der Waals surface area contributed by atoms with Crippen LogP contribution in [0.3, 0.4) is 0 Å². The number of hydrogen-bond acceptors (Lipinski definition) is 8. The lowest BCUT2D eigenvalue weighted by Crippen LogP contribution is -2.55. The molecule has 4 amide bonds. The Balaban J connectivity index is 1.28. The Kier molecular flexibility index (Phi) is 12.5. The van der Waals surface area contributed by atoms with Gasteiger partial charge in [-0.15, -0.1) is 0 Å². The van der Waals surface area contributed by atoms with Crippen LogP contribution in [0.2, 0.25) is 0 Å². The number of anilines is 1. The molecule has 0 unspecified atom stereocenters. The first-order valence-corrected chi connectivity index (χ1v) is 16.8. The van der Waals surface area contributed by atoms with Gasteiger partial charge in [0.25, 0.3) is 0 Å². The van der Waals surface area contributed by atoms with Crippen LogP contribution >= 0.6 is 0 Å². The molecule has 3 atom stereocenters. The van der Waals surface area contributed by atoms with Crippen LogP contribution in [-0.4, -0.2) is 84.4 Å². The summed E-state index contributed by atoms with van der Waals surface area (Å²) in [6, 6.07) is 9.74. The number of benzene rings is 2. The Hall–Kier alpha value is -4.58. The maximum atomic E-state index is 13.6. The third-order valence-corrected chi connectivity index (χ3v) is 8.58. The van der Waals surface area contributed by atoms with E-state index in [1.165, 1.54) is 4.90 Å². The van der Waals surface area contributed by atoms with Gasteiger partial charge >= 0.3 is 0 Å². The highest BCUT2D eigenvalue weighted by Gasteiger charge is 2.38. The lowest BCUT2D eigenvalue weighted by molar-refractivity contribution is -0.141. The molecular weight excluding hydrogens is 612 g/mol. The van der Waals surface area contributed by atoms with Crippen molar-refractivity contribution in [3.8, 4) is 0 Å². The van der Waals surface area contributed by atoms with Crippen LogP contribution in [0.15, 0.2) is 42.5 Å². The molecule has 0 aromatic heterocycles. The number of fused-ring (bicyclic) bond motifs is 2. The lowest BCUT2D eigenvalue weighted by Gasteiger charge is -2.29. The fraction of sp³-hybridized carbons (Fsp3) is 0.500. The molecule has 4 rings (SSSR count). The summed E-state index contributed by atoms with van der Waals surface area (Å²) in [4.78, 5) is 79.6. The number of carbonyl (C=O) groups is 6. The molecule has 1 heterocycles. The van der Waals surface area contributed by atoms with Gasteiger partial charge in [0, 0.05) is 42.0 Å². The van der Waals surface area contributed by atoms with E-state index < -0.39 is 29.9 Å². The highest BCUT2D eigenvalue weighted by Crippen LogP contribution is 2.32. The van der Waals surface area contributed by atoms with E-state index in [0.29, 0.717) is 79.7 Å². The van der Waals surface area contributed by atoms with E-state index in [1.807, 2.05) is 27.7 Å². The molecule has 2 aromatic rings. The summed E-state index contributed by atoms with van der Waals surface area (Å²) in [6.45, 7) is 8.67. The minimum absolute atomic E-state index is 0.0917. The van der Waals surface area contributed by atoms with E-state index in [1.54, 1.807) is 42.5 Å². The van der Waals surface area contributed by atoms with Crippen LogP contribution in [0, 0.1) is 11.8 Å². The van der Waals surface area contributed by atoms with Gasteiger partial charge in [0.15, 0.2) is 11.6 Å². The van der Waals surface area contributed by atoms with E-state index in [2.05, 4.69) is 21.3 Å². The summed E-state index contributed by atoms with van der Waals surface area (Å²) in [6.07, 6.45) is 2.57. The normalized spacial score (nSPS) is 16.6. The summed E-state index contributed by atoms with van der Waals surface area (Å²) < 4.78 is 0. The first-order valence-electron chi connectivity index (χ1n) is 16.8. The van der Waals surface area contributed by atoms with Crippen molar-refractivity contribution in [3.63, 3.8) is 0 Å². The fourth-order valence-corrected chi connectivity index (χ4v) is 6.29. The monoisotopic (exact) mass is 660 g/mol. The zero-order valence-corrected chi connectivity index (χ0v) is 28.3. The molecule has 0 bridgehead atoms. The molecule has 1 saturated heterocycles. The molecule has 12 heteroatoms. The lowest BCUT2D eigenvalue weighted by atomic mass is 9.83. The van der Waals surface area contributed by atoms with Crippen molar-refractivity contribution in [2.24, 2.45) is 17.6 Å². The molecule has 0 saturated carbocycles. The molecule has 258 valence electrons. The van der Waals surface area contributed by atoms with Crippen LogP contribution in [0.1, 0.15) is 91.6 Å². The molecule has 1 aliphatic heterocycles. The Morgan fingerprint density at radius 1 is 0.854 bits per heavy atom. The van der Waals surface area contributed by atoms with E-state index in [4.69, 9.17) is 5.73 Å². The van der Waals surface area contributed by atoms with Crippen LogP contribution in [0.4, 0.5) is 5.69 Å². The third kappa shape index (κ3) is 8.85. The van der Waals surface area contributed by atoms with Crippen molar-refractivity contribution >= 4 is 40.9 Å². The van der Waals surface area contributed by atoms with Crippen molar-refractivity contribution < 1.29 is 28.8 Å². The van der Waals surface area contributed by atoms with Crippen molar-refractivity contribution in [3.05, 3.63) is 64.7 Å². The predicted molar refractivity (Wildman–Crippen MR) is 182 cm³/mol. The molecular formula is C36H48N6O6. The SMILES string of the molecule is CC(C)C[C@H](NC(=O)CNC(=O)[C@@H](N)CC(C)C)C(=O)N1CCC[C@@H]1C(=O)NCCCNc1cccc2c1C(=O)c1ccccc1C2=O. The minimum atomic E-state index is -0.838. The molecule has 2 aromatic carbocycles. The van der Waals surface area contributed by atoms with Gasteiger partial charge in [0.2, 0.25) is 23.6 Å². The first kappa shape index (κ1) is 36.3. The smallest absolute Gasteiger partial charge is 0.245 e. The Labute approximate surface area is 282 Å². The zero-order chi connectivity index (χ0) is 35.0. The standard InChI is InChI=1S/C36H48N6O6/c1-21(2)18-26(37)34(46)40-20-30(43)41-28(19-22(3)4)36(48)42-17-8-14-29(42)35(47)39-16-9-15-38-27-13-7-12-25-31(27)33(45)24-11-6-5-10-23(24)32(25)44/h5-7,10-13,21-22,26,28-29,38H,8-9,14-20,37H2,1-4H3,(H,39,47)(H,40,46)(H,41,43)/t26-,28-,29+/m0/s1. The molecule has 48 heavy (non-hydrogen) atoms. The van der Waals surface area contributed by atoms with Gasteiger partial charge in [-0.3, -0.25) is 28.8 Å². The highest BCUT2D eigenvalue weighted by atomic mass is 16.2. The molecule has 1 aliphatic carbocycles. The number of carbonyl (C=O) groups excluding carboxylic acids is 6. The summed E-state index contributed by atoms with van der Waals surface area (Å²) in [5.74, 6) is -1.58. The van der Waals surface area contributed by atoms with E-state index >= 15 is 0 Å². The average Bonchev–Trinajstić information content (AvgIpc) is 3.55. The number of ketones is 2. The average molecular weight is 661 g/mol. The molecule has 1 fully saturated rings. The Morgan fingerprint density at radius 3 is 2.21 bits per heavy atom. The number of hydrogen-bond donors (Lipinski definition) is 5. The summed E-state index contributed by atoms with van der Waals surface area (Å²) in [5, 5.41) is 11.5. The molecule has 0 spiro atoms. The van der Waals surface area contributed by atoms with Gasteiger partial charge in [-0.2, -0.15) is 0 Å². The van der Waals surface area contributed by atoms with Crippen LogP contribution < -0.4 is 27.0 Å². The topological polar surface area (TPSA) is 180 Å². The number of nitrogens with two attached hydrogens (primary N) is 1. The fourth-order valence-electron chi connectivity index (χ4n) is 6.29. The second-order valence-electron chi connectivity index (χ2n) is 13.4. The quantitative estimate of drug-likeness (QED) is 0.154. The first-order chi connectivity index (χ1) is 22.9. The highest BCUT2D eigenvalue weighted by molar-refractivity contribution is 6.30. The zero-order valence-electron chi connectivity index (χ0n) is 28.3. The second-order valence-corrected chi connectivity index (χ2v) is 13.4. The third-order valence-electron chi connectivity index (χ3n) is 8.58. The van der Waals surface area contributed by atoms with Crippen LogP contribution in [0.25, 0.3) is 0 Å². The van der Waals surface area contributed by atoms with E-state index in [-0.39, 0.29) is 41.8 Å². The van der Waals surface area contributed by atoms with E-state index in [9.17, 15) is 28.8 Å². The van der Waals surface area contributed by atoms with Gasteiger partial charge in [-0.05, 0) is 50.0 Å². The largest absolute Gasteiger partial charge is 0.384 e. The van der Waals surface area contributed by atoms with Crippen molar-refractivity contribution in [1.82, 2.24) is 20.9 Å². The predicted octanol–water partition coefficient (Wildman–Crippen LogP) is 2.39. The molecule has 0 radical (unpaired) electrons. The van der Waals surface area contributed by atoms with Crippen molar-refractivity contribution in [2.45, 2.75) is 77.9 Å². The summed E-state index contributed by atoms with van der Waals surface area (Å²) in [5.41, 5.74) is 7.97. The number of likely N-dealkylation sites (tertiary alicyclic amines) is 1. The molecule has 12 nitrogen and oxygen atoms in total. The maximum absolute atomic E-state index is 13.6. The van der Waals surface area contributed by atoms with Gasteiger partial charge in [-0.25, -0.2) is 0 Å². The Morgan fingerprint density at radius 2 is 1.52 bits per heavy atom. The van der Waals surface area contributed by atoms with Gasteiger partial charge in [0.05, 0.1) is 18.2 Å². The Bertz CT molecular complexity index is 1540. The number of nitrogens with one attached hydrogen (secondary N) is 4. The number of amides is 4. The number of rotatable bonds is 15. The van der Waals surface area contributed by atoms with Crippen LogP contribution in [0.5, 0.6) is 0 Å². The van der Waals surface area contributed by atoms with Crippen molar-refractivity contribution in [1.29, 1.82) is 0 Å². The van der Waals surface area contributed by atoms with Gasteiger partial charge in [0.1, 0.15) is 12.1 Å². The number of nitrogens with zero attached hydrogens (tertiary/aromatic N) is 1. The minimum Gasteiger partial charge on any atom is -0.384 e. The summed E-state index contributed by atoms with van der Waals surface area (Å²) >= 11 is 0. The molecule has 6 N–H and O–H groups in total. The van der Waals surface area contributed by atoms with E-state index in [0.717, 1.165) is 0 Å². The second kappa shape index (κ2) is 16.5. The van der Waals surface area contributed by atoms with Gasteiger partial charge < -0.3 is 31.9 Å². The van der Waals surface area contributed by atoms with Crippen LogP contribution in [-0.2, 0) is 19.2 Å². The van der Waals surface area contributed by atoms with Crippen molar-refractivity contribution in [2.75, 3.05) is 31.5 Å². The van der Waals surface area contributed by atoms with Gasteiger partial charge in [-0.1, -0.05) is 64.1 Å². The maximum Gasteiger partial charge on any atom is 0.245 e.